The van der Waals surface area contributed by atoms with Crippen LogP contribution in [0.1, 0.15) is 10.4 Å². The first-order valence-electron chi connectivity index (χ1n) is 6.72. The number of rotatable bonds is 6. The molecule has 0 radical (unpaired) electrons. The number of thioether (sulfide) groups is 1. The lowest BCUT2D eigenvalue weighted by Crippen LogP contribution is -2.21. The first-order chi connectivity index (χ1) is 11.5. The zero-order chi connectivity index (χ0) is 17.5. The predicted molar refractivity (Wildman–Crippen MR) is 96.4 cm³/mol. The summed E-state index contributed by atoms with van der Waals surface area (Å²) in [5.41, 5.74) is 0.822. The molecule has 0 unspecified atom stereocenters. The highest BCUT2D eigenvalue weighted by molar-refractivity contribution is 14.1. The minimum atomic E-state index is -2.49. The zero-order valence-corrected chi connectivity index (χ0v) is 15.1. The summed E-state index contributed by atoms with van der Waals surface area (Å²) in [6.07, 6.45) is 0. The molecule has 0 saturated heterocycles. The van der Waals surface area contributed by atoms with E-state index in [1.54, 1.807) is 24.3 Å². The van der Waals surface area contributed by atoms with Gasteiger partial charge in [0.05, 0.1) is 5.56 Å². The Bertz CT molecular complexity index is 726. The van der Waals surface area contributed by atoms with Gasteiger partial charge in [0.2, 0.25) is 0 Å². The number of carbonyl (C=O) groups is 2. The molecule has 0 heterocycles. The zero-order valence-electron chi connectivity index (χ0n) is 12.2. The molecule has 2 aromatic carbocycles. The van der Waals surface area contributed by atoms with E-state index >= 15 is 0 Å². The summed E-state index contributed by atoms with van der Waals surface area (Å²) < 4.78 is 30.1. The van der Waals surface area contributed by atoms with Gasteiger partial charge in [0.15, 0.2) is 6.61 Å². The van der Waals surface area contributed by atoms with Gasteiger partial charge in [-0.05, 0) is 59.0 Å². The van der Waals surface area contributed by atoms with Crippen LogP contribution < -0.4 is 5.32 Å². The topological polar surface area (TPSA) is 55.4 Å². The van der Waals surface area contributed by atoms with E-state index in [0.717, 1.165) is 3.57 Å². The first kappa shape index (κ1) is 18.7. The summed E-state index contributed by atoms with van der Waals surface area (Å²) in [6, 6.07) is 12.8. The second-order valence-electron chi connectivity index (χ2n) is 4.51. The van der Waals surface area contributed by atoms with Crippen LogP contribution >= 0.6 is 34.4 Å². The van der Waals surface area contributed by atoms with Crippen LogP contribution in [0.15, 0.2) is 53.4 Å². The molecule has 0 aliphatic rings. The summed E-state index contributed by atoms with van der Waals surface area (Å²) in [6.45, 7) is -0.433. The van der Waals surface area contributed by atoms with Crippen LogP contribution in [0.2, 0.25) is 0 Å². The Labute approximate surface area is 155 Å². The van der Waals surface area contributed by atoms with Crippen LogP contribution in [0.5, 0.6) is 0 Å². The maximum atomic E-state index is 12.2. The molecule has 0 aliphatic heterocycles. The number of ether oxygens (including phenoxy) is 1. The molecule has 0 fully saturated rings. The van der Waals surface area contributed by atoms with Gasteiger partial charge >= 0.3 is 5.97 Å². The van der Waals surface area contributed by atoms with E-state index in [4.69, 9.17) is 4.74 Å². The molecule has 2 aromatic rings. The standard InChI is InChI=1S/C16H12F2INO3S/c17-16(18)24-11-7-5-10(6-8-11)20-14(21)9-23-15(22)12-3-1-2-4-13(12)19/h1-8,16H,9H2,(H,20,21). The van der Waals surface area contributed by atoms with E-state index < -0.39 is 24.2 Å². The number of esters is 1. The number of amides is 1. The van der Waals surface area contributed by atoms with Gasteiger partial charge < -0.3 is 10.1 Å². The summed E-state index contributed by atoms with van der Waals surface area (Å²) in [5.74, 6) is -3.59. The van der Waals surface area contributed by atoms with Crippen LogP contribution in [0, 0.1) is 3.57 Å². The molecule has 8 heteroatoms. The minimum Gasteiger partial charge on any atom is -0.452 e. The fraction of sp³-hybridized carbons (Fsp3) is 0.125. The molecular weight excluding hydrogens is 451 g/mol. The molecule has 0 bridgehead atoms. The smallest absolute Gasteiger partial charge is 0.339 e. The maximum Gasteiger partial charge on any atom is 0.339 e. The van der Waals surface area contributed by atoms with E-state index in [1.165, 1.54) is 24.3 Å². The Morgan fingerprint density at radius 2 is 1.79 bits per heavy atom. The van der Waals surface area contributed by atoms with E-state index in [1.807, 2.05) is 22.6 Å². The molecule has 0 atom stereocenters. The van der Waals surface area contributed by atoms with Crippen molar-refractivity contribution in [1.29, 1.82) is 0 Å². The third-order valence-corrected chi connectivity index (χ3v) is 4.45. The highest BCUT2D eigenvalue weighted by Gasteiger charge is 2.13. The molecule has 0 spiro atoms. The Kier molecular flexibility index (Phi) is 6.98. The molecule has 126 valence electrons. The van der Waals surface area contributed by atoms with Crippen molar-refractivity contribution in [3.05, 3.63) is 57.7 Å². The van der Waals surface area contributed by atoms with Crippen molar-refractivity contribution in [3.8, 4) is 0 Å². The number of hydrogen-bond acceptors (Lipinski definition) is 4. The number of nitrogens with one attached hydrogen (secondary N) is 1. The van der Waals surface area contributed by atoms with Crippen LogP contribution in [-0.4, -0.2) is 24.2 Å². The maximum absolute atomic E-state index is 12.2. The number of halogens is 3. The van der Waals surface area contributed by atoms with Crippen LogP contribution in [0.25, 0.3) is 0 Å². The highest BCUT2D eigenvalue weighted by atomic mass is 127. The second-order valence-corrected chi connectivity index (χ2v) is 6.73. The number of carbonyl (C=O) groups excluding carboxylic acids is 2. The normalized spacial score (nSPS) is 10.5. The fourth-order valence-electron chi connectivity index (χ4n) is 1.75. The number of benzene rings is 2. The van der Waals surface area contributed by atoms with Gasteiger partial charge in [0, 0.05) is 14.2 Å². The van der Waals surface area contributed by atoms with Crippen LogP contribution in [0.3, 0.4) is 0 Å². The Morgan fingerprint density at radius 3 is 2.42 bits per heavy atom. The molecule has 0 aromatic heterocycles. The predicted octanol–water partition coefficient (Wildman–Crippen LogP) is 4.40. The van der Waals surface area contributed by atoms with Gasteiger partial charge in [0.1, 0.15) is 0 Å². The van der Waals surface area contributed by atoms with Crippen LogP contribution in [0.4, 0.5) is 14.5 Å². The highest BCUT2D eigenvalue weighted by Crippen LogP contribution is 2.26. The van der Waals surface area contributed by atoms with E-state index in [2.05, 4.69) is 5.32 Å². The van der Waals surface area contributed by atoms with Crippen molar-refractivity contribution in [2.45, 2.75) is 10.7 Å². The molecule has 1 amide bonds. The lowest BCUT2D eigenvalue weighted by atomic mass is 10.2. The second kappa shape index (κ2) is 8.97. The molecule has 1 N–H and O–H groups in total. The lowest BCUT2D eigenvalue weighted by molar-refractivity contribution is -0.119. The van der Waals surface area contributed by atoms with Gasteiger partial charge in [0.25, 0.3) is 11.7 Å². The van der Waals surface area contributed by atoms with Crippen molar-refractivity contribution < 1.29 is 23.1 Å². The van der Waals surface area contributed by atoms with Gasteiger partial charge in [-0.25, -0.2) is 4.79 Å². The van der Waals surface area contributed by atoms with Gasteiger partial charge in [-0.15, -0.1) is 0 Å². The largest absolute Gasteiger partial charge is 0.452 e. The molecule has 24 heavy (non-hydrogen) atoms. The minimum absolute atomic E-state index is 0.388. The Balaban J connectivity index is 1.85. The van der Waals surface area contributed by atoms with Gasteiger partial charge in [-0.2, -0.15) is 8.78 Å². The van der Waals surface area contributed by atoms with Crippen LogP contribution in [-0.2, 0) is 9.53 Å². The molecule has 2 rings (SSSR count). The van der Waals surface area contributed by atoms with Gasteiger partial charge in [-0.1, -0.05) is 23.9 Å². The average molecular weight is 463 g/mol. The number of hydrogen-bond donors (Lipinski definition) is 1. The SMILES string of the molecule is O=C(COC(=O)c1ccccc1I)Nc1ccc(SC(F)F)cc1. The van der Waals surface area contributed by atoms with Crippen molar-refractivity contribution in [1.82, 2.24) is 0 Å². The van der Waals surface area contributed by atoms with Crippen molar-refractivity contribution in [2.24, 2.45) is 0 Å². The molecule has 4 nitrogen and oxygen atoms in total. The molecular formula is C16H12F2INO3S. The Hall–Kier alpha value is -1.68. The number of anilines is 1. The van der Waals surface area contributed by atoms with E-state index in [-0.39, 0.29) is 0 Å². The van der Waals surface area contributed by atoms with Crippen molar-refractivity contribution in [2.75, 3.05) is 11.9 Å². The average Bonchev–Trinajstić information content (AvgIpc) is 2.54. The van der Waals surface area contributed by atoms with Crippen molar-refractivity contribution in [3.63, 3.8) is 0 Å². The third-order valence-electron chi connectivity index (χ3n) is 2.79. The summed E-state index contributed by atoms with van der Waals surface area (Å²) in [7, 11) is 0. The summed E-state index contributed by atoms with van der Waals surface area (Å²) in [5, 5.41) is 2.53. The van der Waals surface area contributed by atoms with E-state index in [0.29, 0.717) is 27.9 Å². The Morgan fingerprint density at radius 1 is 1.12 bits per heavy atom. The lowest BCUT2D eigenvalue weighted by Gasteiger charge is -2.08. The molecule has 0 saturated carbocycles. The van der Waals surface area contributed by atoms with Gasteiger partial charge in [-0.3, -0.25) is 4.79 Å². The number of alkyl halides is 2. The quantitative estimate of drug-likeness (QED) is 0.392. The first-order valence-corrected chi connectivity index (χ1v) is 8.68. The van der Waals surface area contributed by atoms with E-state index in [9.17, 15) is 18.4 Å². The summed E-state index contributed by atoms with van der Waals surface area (Å²) in [4.78, 5) is 24.1. The fourth-order valence-corrected chi connectivity index (χ4v) is 2.86. The van der Waals surface area contributed by atoms with Crippen molar-refractivity contribution >= 4 is 51.9 Å². The monoisotopic (exact) mass is 463 g/mol. The molecule has 0 aliphatic carbocycles. The third kappa shape index (κ3) is 5.75. The summed E-state index contributed by atoms with van der Waals surface area (Å²) >= 11 is 2.43.